The molecule has 0 spiro atoms. The molecule has 0 aliphatic carbocycles. The van der Waals surface area contributed by atoms with Crippen molar-refractivity contribution >= 4 is 32.4 Å². The predicted octanol–water partition coefficient (Wildman–Crippen LogP) is 2.62. The summed E-state index contributed by atoms with van der Waals surface area (Å²) in [7, 11) is -3.81. The van der Waals surface area contributed by atoms with Crippen LogP contribution in [0.5, 0.6) is 0 Å². The molecule has 0 aliphatic rings. The lowest BCUT2D eigenvalue weighted by molar-refractivity contribution is -0.115. The Kier molecular flexibility index (Phi) is 6.03. The van der Waals surface area contributed by atoms with Crippen LogP contribution >= 0.6 is 11.3 Å². The zero-order chi connectivity index (χ0) is 17.7. The SMILES string of the molecule is CCC(=O)Nc1nnc(S(=O)(=O)N[C@@H](CC)c2ccccc2C)s1. The van der Waals surface area contributed by atoms with Gasteiger partial charge in [-0.25, -0.2) is 13.1 Å². The van der Waals surface area contributed by atoms with E-state index < -0.39 is 10.0 Å². The first kappa shape index (κ1) is 18.5. The smallest absolute Gasteiger partial charge is 0.270 e. The fraction of sp³-hybridized carbons (Fsp3) is 0.400. The third-order valence-electron chi connectivity index (χ3n) is 3.47. The number of sulfonamides is 1. The van der Waals surface area contributed by atoms with Gasteiger partial charge in [0.1, 0.15) is 0 Å². The fourth-order valence-electron chi connectivity index (χ4n) is 2.16. The van der Waals surface area contributed by atoms with Crippen molar-refractivity contribution in [2.24, 2.45) is 0 Å². The summed E-state index contributed by atoms with van der Waals surface area (Å²) in [5, 5.41) is 10.1. The molecule has 0 saturated carbocycles. The van der Waals surface area contributed by atoms with E-state index in [0.29, 0.717) is 6.42 Å². The Morgan fingerprint density at radius 1 is 1.25 bits per heavy atom. The normalized spacial score (nSPS) is 12.8. The molecule has 0 fully saturated rings. The van der Waals surface area contributed by atoms with Crippen molar-refractivity contribution in [1.29, 1.82) is 0 Å². The average molecular weight is 368 g/mol. The predicted molar refractivity (Wildman–Crippen MR) is 93.4 cm³/mol. The minimum Gasteiger partial charge on any atom is -0.301 e. The first-order valence-corrected chi connectivity index (χ1v) is 9.88. The summed E-state index contributed by atoms with van der Waals surface area (Å²) < 4.78 is 27.6. The van der Waals surface area contributed by atoms with E-state index in [2.05, 4.69) is 20.2 Å². The van der Waals surface area contributed by atoms with E-state index in [9.17, 15) is 13.2 Å². The molecule has 1 aromatic carbocycles. The van der Waals surface area contributed by atoms with Gasteiger partial charge < -0.3 is 5.32 Å². The Labute approximate surface area is 145 Å². The van der Waals surface area contributed by atoms with Gasteiger partial charge in [0.15, 0.2) is 0 Å². The van der Waals surface area contributed by atoms with Crippen molar-refractivity contribution in [1.82, 2.24) is 14.9 Å². The molecule has 1 amide bonds. The maximum absolute atomic E-state index is 12.5. The highest BCUT2D eigenvalue weighted by Gasteiger charge is 2.25. The molecule has 0 saturated heterocycles. The number of carbonyl (C=O) groups is 1. The van der Waals surface area contributed by atoms with Gasteiger partial charge in [-0.1, -0.05) is 49.4 Å². The second-order valence-corrected chi connectivity index (χ2v) is 8.08. The van der Waals surface area contributed by atoms with Crippen molar-refractivity contribution in [3.8, 4) is 0 Å². The topological polar surface area (TPSA) is 101 Å². The number of aromatic nitrogens is 2. The minimum absolute atomic E-state index is 0.166. The van der Waals surface area contributed by atoms with Crippen LogP contribution in [0.4, 0.5) is 5.13 Å². The molecular formula is C15H20N4O3S2. The molecule has 1 atom stereocenters. The lowest BCUT2D eigenvalue weighted by atomic mass is 10.0. The third-order valence-corrected chi connectivity index (χ3v) is 6.15. The summed E-state index contributed by atoms with van der Waals surface area (Å²) in [5.74, 6) is -0.241. The lowest BCUT2D eigenvalue weighted by Gasteiger charge is -2.18. The molecule has 1 aromatic heterocycles. The number of hydrogen-bond acceptors (Lipinski definition) is 6. The van der Waals surface area contributed by atoms with Crippen LogP contribution in [0.3, 0.4) is 0 Å². The molecule has 2 rings (SSSR count). The quantitative estimate of drug-likeness (QED) is 0.732. The molecule has 0 radical (unpaired) electrons. The molecule has 24 heavy (non-hydrogen) atoms. The Bertz CT molecular complexity index is 818. The maximum atomic E-state index is 12.5. The highest BCUT2D eigenvalue weighted by molar-refractivity contribution is 7.91. The summed E-state index contributed by atoms with van der Waals surface area (Å²) in [4.78, 5) is 11.3. The molecule has 7 nitrogen and oxygen atoms in total. The highest BCUT2D eigenvalue weighted by Crippen LogP contribution is 2.25. The summed E-state index contributed by atoms with van der Waals surface area (Å²) in [5.41, 5.74) is 1.94. The molecule has 9 heteroatoms. The van der Waals surface area contributed by atoms with Gasteiger partial charge in [-0.15, -0.1) is 10.2 Å². The van der Waals surface area contributed by atoms with E-state index in [1.165, 1.54) is 0 Å². The zero-order valence-electron chi connectivity index (χ0n) is 13.7. The molecular weight excluding hydrogens is 348 g/mol. The average Bonchev–Trinajstić information content (AvgIpc) is 3.02. The highest BCUT2D eigenvalue weighted by atomic mass is 32.2. The summed E-state index contributed by atoms with van der Waals surface area (Å²) in [6, 6.07) is 7.28. The van der Waals surface area contributed by atoms with Crippen LogP contribution in [0, 0.1) is 6.92 Å². The van der Waals surface area contributed by atoms with E-state index >= 15 is 0 Å². The van der Waals surface area contributed by atoms with Gasteiger partial charge in [0.05, 0.1) is 0 Å². The first-order chi connectivity index (χ1) is 11.4. The van der Waals surface area contributed by atoms with Gasteiger partial charge in [-0.2, -0.15) is 0 Å². The van der Waals surface area contributed by atoms with Crippen molar-refractivity contribution in [2.45, 2.75) is 44.0 Å². The molecule has 130 valence electrons. The summed E-state index contributed by atoms with van der Waals surface area (Å²) >= 11 is 0.831. The molecule has 1 heterocycles. The van der Waals surface area contributed by atoms with E-state index in [0.717, 1.165) is 22.5 Å². The maximum Gasteiger partial charge on any atom is 0.270 e. The number of nitrogens with one attached hydrogen (secondary N) is 2. The second kappa shape index (κ2) is 7.82. The number of benzene rings is 1. The van der Waals surface area contributed by atoms with Crippen LogP contribution in [0.25, 0.3) is 0 Å². The van der Waals surface area contributed by atoms with Crippen LogP contribution in [-0.2, 0) is 14.8 Å². The standard InChI is InChI=1S/C15H20N4O3S2/c1-4-12(11-9-7-6-8-10(11)3)19-24(21,22)15-18-17-14(23-15)16-13(20)5-2/h6-9,12,19H,4-5H2,1-3H3,(H,16,17,20)/t12-/m0/s1. The largest absolute Gasteiger partial charge is 0.301 e. The second-order valence-electron chi connectivity index (χ2n) is 5.21. The van der Waals surface area contributed by atoms with Crippen molar-refractivity contribution in [2.75, 3.05) is 5.32 Å². The number of amides is 1. The Hall–Kier alpha value is -1.84. The van der Waals surface area contributed by atoms with E-state index in [-0.39, 0.29) is 27.8 Å². The fourth-order valence-corrected chi connectivity index (χ4v) is 4.39. The Balaban J connectivity index is 2.21. The molecule has 2 N–H and O–H groups in total. The van der Waals surface area contributed by atoms with Crippen molar-refractivity contribution in [3.63, 3.8) is 0 Å². The molecule has 0 aliphatic heterocycles. The van der Waals surface area contributed by atoms with Crippen LogP contribution in [0.2, 0.25) is 0 Å². The van der Waals surface area contributed by atoms with Gasteiger partial charge in [0.2, 0.25) is 15.4 Å². The first-order valence-electron chi connectivity index (χ1n) is 7.58. The van der Waals surface area contributed by atoms with Crippen LogP contribution in [0.15, 0.2) is 28.6 Å². The molecule has 0 unspecified atom stereocenters. The van der Waals surface area contributed by atoms with E-state index in [1.807, 2.05) is 38.1 Å². The monoisotopic (exact) mass is 368 g/mol. The Morgan fingerprint density at radius 2 is 1.96 bits per heavy atom. The summed E-state index contributed by atoms with van der Waals surface area (Å²) in [6.45, 7) is 5.55. The summed E-state index contributed by atoms with van der Waals surface area (Å²) in [6.07, 6.45) is 0.882. The van der Waals surface area contributed by atoms with Gasteiger partial charge in [-0.3, -0.25) is 4.79 Å². The van der Waals surface area contributed by atoms with E-state index in [1.54, 1.807) is 6.92 Å². The van der Waals surface area contributed by atoms with Crippen LogP contribution < -0.4 is 10.0 Å². The van der Waals surface area contributed by atoms with E-state index in [4.69, 9.17) is 0 Å². The van der Waals surface area contributed by atoms with Crippen molar-refractivity contribution in [3.05, 3.63) is 35.4 Å². The number of carbonyl (C=O) groups excluding carboxylic acids is 1. The number of hydrogen-bond donors (Lipinski definition) is 2. The van der Waals surface area contributed by atoms with Crippen molar-refractivity contribution < 1.29 is 13.2 Å². The number of nitrogens with zero attached hydrogens (tertiary/aromatic N) is 2. The zero-order valence-corrected chi connectivity index (χ0v) is 15.4. The number of aryl methyl sites for hydroxylation is 1. The lowest BCUT2D eigenvalue weighted by Crippen LogP contribution is -2.28. The Morgan fingerprint density at radius 3 is 2.58 bits per heavy atom. The molecule has 2 aromatic rings. The third kappa shape index (κ3) is 4.37. The van der Waals surface area contributed by atoms with Crippen LogP contribution in [0.1, 0.15) is 43.9 Å². The number of rotatable bonds is 7. The van der Waals surface area contributed by atoms with Gasteiger partial charge in [0.25, 0.3) is 10.0 Å². The van der Waals surface area contributed by atoms with Gasteiger partial charge in [-0.05, 0) is 24.5 Å². The number of anilines is 1. The van der Waals surface area contributed by atoms with Gasteiger partial charge >= 0.3 is 0 Å². The molecule has 0 bridgehead atoms. The van der Waals surface area contributed by atoms with Gasteiger partial charge in [0, 0.05) is 12.5 Å². The van der Waals surface area contributed by atoms with Crippen LogP contribution in [-0.4, -0.2) is 24.5 Å². The minimum atomic E-state index is -3.81.